The maximum Gasteiger partial charge on any atom is 0.126 e. The summed E-state index contributed by atoms with van der Waals surface area (Å²) >= 11 is 0. The summed E-state index contributed by atoms with van der Waals surface area (Å²) in [6.45, 7) is 5.28. The second kappa shape index (κ2) is 5.83. The molecule has 0 amide bonds. The van der Waals surface area contributed by atoms with Crippen LogP contribution in [-0.4, -0.2) is 13.2 Å². The van der Waals surface area contributed by atoms with E-state index in [0.29, 0.717) is 18.1 Å². The fourth-order valence-corrected chi connectivity index (χ4v) is 2.63. The molecule has 0 heterocycles. The third-order valence-corrected chi connectivity index (χ3v) is 4.07. The van der Waals surface area contributed by atoms with Crippen LogP contribution < -0.4 is 10.5 Å². The normalized spacial score (nSPS) is 19.3. The van der Waals surface area contributed by atoms with Crippen molar-refractivity contribution in [2.24, 2.45) is 5.41 Å². The summed E-state index contributed by atoms with van der Waals surface area (Å²) in [5.41, 5.74) is 8.03. The zero-order valence-corrected chi connectivity index (χ0v) is 12.2. The predicted molar refractivity (Wildman–Crippen MR) is 78.2 cm³/mol. The minimum Gasteiger partial charge on any atom is -0.496 e. The Kier molecular flexibility index (Phi) is 4.35. The average Bonchev–Trinajstić information content (AvgIpc) is 2.38. The van der Waals surface area contributed by atoms with E-state index < -0.39 is 0 Å². The second-order valence-corrected chi connectivity index (χ2v) is 6.25. The maximum absolute atomic E-state index is 6.02. The van der Waals surface area contributed by atoms with Crippen molar-refractivity contribution in [1.29, 1.82) is 0 Å². The van der Waals surface area contributed by atoms with E-state index in [2.05, 4.69) is 13.8 Å². The summed E-state index contributed by atoms with van der Waals surface area (Å²) in [5.74, 6) is 0.816. The quantitative estimate of drug-likeness (QED) is 0.841. The van der Waals surface area contributed by atoms with Gasteiger partial charge in [-0.15, -0.1) is 0 Å². The van der Waals surface area contributed by atoms with Crippen LogP contribution >= 0.6 is 0 Å². The first-order chi connectivity index (χ1) is 9.00. The van der Waals surface area contributed by atoms with Gasteiger partial charge in [-0.25, -0.2) is 0 Å². The molecule has 0 saturated heterocycles. The molecule has 1 fully saturated rings. The minimum atomic E-state index is 0.385. The van der Waals surface area contributed by atoms with Gasteiger partial charge in [-0.05, 0) is 37.2 Å². The smallest absolute Gasteiger partial charge is 0.126 e. The predicted octanol–water partition coefficient (Wildman–Crippen LogP) is 3.76. The number of nitrogen functional groups attached to an aromatic ring is 1. The molecule has 1 aliphatic rings. The van der Waals surface area contributed by atoms with Crippen molar-refractivity contribution < 1.29 is 9.47 Å². The van der Waals surface area contributed by atoms with Crippen LogP contribution in [0.5, 0.6) is 5.75 Å². The standard InChI is InChI=1S/C16H25NO2/c1-16(2)8-6-14(7-9-16)19-11-12-4-5-13(17)10-15(12)18-3/h4-5,10,14H,6-9,11,17H2,1-3H3. The van der Waals surface area contributed by atoms with Gasteiger partial charge in [-0.1, -0.05) is 19.9 Å². The number of methoxy groups -OCH3 is 1. The molecule has 0 aliphatic heterocycles. The van der Waals surface area contributed by atoms with Crippen molar-refractivity contribution in [3.63, 3.8) is 0 Å². The molecule has 0 aromatic heterocycles. The van der Waals surface area contributed by atoms with Crippen molar-refractivity contribution in [2.45, 2.75) is 52.2 Å². The zero-order valence-electron chi connectivity index (χ0n) is 12.2. The van der Waals surface area contributed by atoms with Crippen LogP contribution in [0.25, 0.3) is 0 Å². The lowest BCUT2D eigenvalue weighted by atomic mass is 9.76. The van der Waals surface area contributed by atoms with Crippen LogP contribution in [0, 0.1) is 5.41 Å². The average molecular weight is 263 g/mol. The van der Waals surface area contributed by atoms with Gasteiger partial charge >= 0.3 is 0 Å². The van der Waals surface area contributed by atoms with Gasteiger partial charge in [-0.3, -0.25) is 0 Å². The van der Waals surface area contributed by atoms with Gasteiger partial charge in [-0.2, -0.15) is 0 Å². The lowest BCUT2D eigenvalue weighted by molar-refractivity contribution is -0.00620. The molecule has 19 heavy (non-hydrogen) atoms. The van der Waals surface area contributed by atoms with E-state index >= 15 is 0 Å². The fraction of sp³-hybridized carbons (Fsp3) is 0.625. The molecule has 0 spiro atoms. The van der Waals surface area contributed by atoms with E-state index in [9.17, 15) is 0 Å². The summed E-state index contributed by atoms with van der Waals surface area (Å²) in [6.07, 6.45) is 5.19. The largest absolute Gasteiger partial charge is 0.496 e. The first-order valence-corrected chi connectivity index (χ1v) is 7.04. The molecule has 0 atom stereocenters. The monoisotopic (exact) mass is 263 g/mol. The van der Waals surface area contributed by atoms with E-state index in [1.54, 1.807) is 7.11 Å². The van der Waals surface area contributed by atoms with Crippen molar-refractivity contribution >= 4 is 5.69 Å². The molecule has 3 heteroatoms. The summed E-state index contributed by atoms with van der Waals surface area (Å²) in [5, 5.41) is 0. The lowest BCUT2D eigenvalue weighted by Gasteiger charge is -2.34. The van der Waals surface area contributed by atoms with Crippen molar-refractivity contribution in [1.82, 2.24) is 0 Å². The molecule has 0 radical (unpaired) electrons. The first kappa shape index (κ1) is 14.2. The third kappa shape index (κ3) is 3.87. The van der Waals surface area contributed by atoms with Crippen LogP contribution in [0.4, 0.5) is 5.69 Å². The summed E-state index contributed by atoms with van der Waals surface area (Å²) in [7, 11) is 1.67. The molecule has 2 N–H and O–H groups in total. The van der Waals surface area contributed by atoms with Gasteiger partial charge in [0.15, 0.2) is 0 Å². The van der Waals surface area contributed by atoms with E-state index in [4.69, 9.17) is 15.2 Å². The molecule has 3 nitrogen and oxygen atoms in total. The van der Waals surface area contributed by atoms with Crippen molar-refractivity contribution in [3.8, 4) is 5.75 Å². The molecule has 0 bridgehead atoms. The van der Waals surface area contributed by atoms with Gasteiger partial charge in [0.25, 0.3) is 0 Å². The zero-order chi connectivity index (χ0) is 13.9. The Balaban J connectivity index is 1.89. The van der Waals surface area contributed by atoms with Gasteiger partial charge in [0.1, 0.15) is 5.75 Å². The summed E-state index contributed by atoms with van der Waals surface area (Å²) < 4.78 is 11.4. The molecule has 0 unspecified atom stereocenters. The molecule has 1 aromatic carbocycles. The maximum atomic E-state index is 6.02. The molecule has 1 aromatic rings. The van der Waals surface area contributed by atoms with E-state index in [1.165, 1.54) is 12.8 Å². The van der Waals surface area contributed by atoms with Crippen LogP contribution in [-0.2, 0) is 11.3 Å². The molecular weight excluding hydrogens is 238 g/mol. The number of rotatable bonds is 4. The molecule has 1 saturated carbocycles. The van der Waals surface area contributed by atoms with Crippen LogP contribution in [0.3, 0.4) is 0 Å². The highest BCUT2D eigenvalue weighted by atomic mass is 16.5. The number of hydrogen-bond acceptors (Lipinski definition) is 3. The first-order valence-electron chi connectivity index (χ1n) is 7.04. The third-order valence-electron chi connectivity index (χ3n) is 4.07. The van der Waals surface area contributed by atoms with Crippen LogP contribution in [0.15, 0.2) is 18.2 Å². The SMILES string of the molecule is COc1cc(N)ccc1COC1CCC(C)(C)CC1. The van der Waals surface area contributed by atoms with E-state index in [1.807, 2.05) is 18.2 Å². The second-order valence-electron chi connectivity index (χ2n) is 6.25. The number of ether oxygens (including phenoxy) is 2. The lowest BCUT2D eigenvalue weighted by Crippen LogP contribution is -2.26. The number of anilines is 1. The van der Waals surface area contributed by atoms with E-state index in [0.717, 1.165) is 29.8 Å². The minimum absolute atomic E-state index is 0.385. The van der Waals surface area contributed by atoms with Gasteiger partial charge in [0.2, 0.25) is 0 Å². The highest BCUT2D eigenvalue weighted by Gasteiger charge is 2.27. The Morgan fingerprint density at radius 1 is 1.26 bits per heavy atom. The van der Waals surface area contributed by atoms with E-state index in [-0.39, 0.29) is 0 Å². The summed E-state index contributed by atoms with van der Waals surface area (Å²) in [6, 6.07) is 5.73. The van der Waals surface area contributed by atoms with Crippen LogP contribution in [0.1, 0.15) is 45.1 Å². The number of hydrogen-bond donors (Lipinski definition) is 1. The Morgan fingerprint density at radius 3 is 2.58 bits per heavy atom. The molecule has 2 rings (SSSR count). The van der Waals surface area contributed by atoms with Gasteiger partial charge < -0.3 is 15.2 Å². The Morgan fingerprint density at radius 2 is 1.95 bits per heavy atom. The van der Waals surface area contributed by atoms with Crippen LogP contribution in [0.2, 0.25) is 0 Å². The van der Waals surface area contributed by atoms with Gasteiger partial charge in [0.05, 0.1) is 19.8 Å². The fourth-order valence-electron chi connectivity index (χ4n) is 2.63. The Bertz CT molecular complexity index is 419. The van der Waals surface area contributed by atoms with Crippen molar-refractivity contribution in [3.05, 3.63) is 23.8 Å². The topological polar surface area (TPSA) is 44.5 Å². The Labute approximate surface area is 116 Å². The molecule has 1 aliphatic carbocycles. The number of benzene rings is 1. The van der Waals surface area contributed by atoms with Crippen molar-refractivity contribution in [2.75, 3.05) is 12.8 Å². The number of nitrogens with two attached hydrogens (primary N) is 1. The van der Waals surface area contributed by atoms with Gasteiger partial charge in [0, 0.05) is 17.3 Å². The summed E-state index contributed by atoms with van der Waals surface area (Å²) in [4.78, 5) is 0. The highest BCUT2D eigenvalue weighted by molar-refractivity contribution is 5.48. The Hall–Kier alpha value is -1.22. The molecule has 106 valence electrons. The highest BCUT2D eigenvalue weighted by Crippen LogP contribution is 2.36. The molecular formula is C16H25NO2.